The number of nitriles is 1. The van der Waals surface area contributed by atoms with Crippen LogP contribution >= 0.6 is 23.2 Å². The van der Waals surface area contributed by atoms with E-state index in [0.717, 1.165) is 0 Å². The van der Waals surface area contributed by atoms with Crippen molar-refractivity contribution in [3.8, 4) is 6.07 Å². The Balaban J connectivity index is 3.59. The van der Waals surface area contributed by atoms with Gasteiger partial charge in [-0.2, -0.15) is 5.26 Å². The zero-order valence-corrected chi connectivity index (χ0v) is 6.13. The molecule has 8 heavy (non-hydrogen) atoms. The van der Waals surface area contributed by atoms with E-state index in [1.165, 1.54) is 0 Å². The Morgan fingerprint density at radius 2 is 2.25 bits per heavy atom. The molecule has 1 unspecified atom stereocenters. The van der Waals surface area contributed by atoms with E-state index in [9.17, 15) is 0 Å². The maximum atomic E-state index is 8.28. The van der Waals surface area contributed by atoms with Gasteiger partial charge < -0.3 is 0 Å². The van der Waals surface area contributed by atoms with E-state index in [0.29, 0.717) is 12.3 Å². The molecule has 0 aliphatic rings. The average molecular weight is 152 g/mol. The van der Waals surface area contributed by atoms with Crippen molar-refractivity contribution in [1.29, 1.82) is 5.26 Å². The number of nitrogens with zero attached hydrogens (tertiary/aromatic N) is 1. The molecule has 0 aromatic rings. The van der Waals surface area contributed by atoms with Crippen molar-refractivity contribution < 1.29 is 0 Å². The Kier molecular flexibility index (Phi) is 3.19. The highest BCUT2D eigenvalue weighted by molar-refractivity contribution is 6.26. The molecule has 0 radical (unpaired) electrons. The Morgan fingerprint density at radius 3 is 2.38 bits per heavy atom. The monoisotopic (exact) mass is 151 g/mol. The lowest BCUT2D eigenvalue weighted by molar-refractivity contribution is 0.761. The lowest BCUT2D eigenvalue weighted by atomic mass is 10.1. The lowest BCUT2D eigenvalue weighted by Crippen LogP contribution is -2.12. The maximum Gasteiger partial charge on any atom is 0.129 e. The third-order valence-electron chi connectivity index (χ3n) is 0.797. The van der Waals surface area contributed by atoms with Crippen LogP contribution in [-0.4, -0.2) is 10.8 Å². The van der Waals surface area contributed by atoms with Crippen molar-refractivity contribution >= 4 is 23.2 Å². The van der Waals surface area contributed by atoms with Gasteiger partial charge in [0.1, 0.15) is 4.87 Å². The van der Waals surface area contributed by atoms with Crippen LogP contribution in [0, 0.1) is 11.3 Å². The summed E-state index contributed by atoms with van der Waals surface area (Å²) in [6.45, 7) is 1.65. The van der Waals surface area contributed by atoms with Crippen LogP contribution in [0.1, 0.15) is 13.3 Å². The van der Waals surface area contributed by atoms with Gasteiger partial charge in [-0.25, -0.2) is 0 Å². The normalized spacial score (nSPS) is 16.8. The molecule has 1 nitrogen and oxygen atoms in total. The Hall–Kier alpha value is 0.0700. The van der Waals surface area contributed by atoms with E-state index in [1.54, 1.807) is 6.92 Å². The quantitative estimate of drug-likeness (QED) is 0.556. The molecule has 0 N–H and O–H groups in total. The average Bonchev–Trinajstić information content (AvgIpc) is 1.67. The minimum absolute atomic E-state index is 0.438. The van der Waals surface area contributed by atoms with Crippen molar-refractivity contribution in [2.24, 2.45) is 0 Å². The van der Waals surface area contributed by atoms with Crippen molar-refractivity contribution in [2.75, 3.05) is 5.88 Å². The molecule has 0 rings (SSSR count). The fraction of sp³-hybridized carbons (Fsp3) is 0.800. The van der Waals surface area contributed by atoms with Gasteiger partial charge in [0.2, 0.25) is 0 Å². The molecule has 0 aliphatic heterocycles. The summed E-state index contributed by atoms with van der Waals surface area (Å²) < 4.78 is 0. The number of hydrogen-bond donors (Lipinski definition) is 0. The molecule has 0 heterocycles. The molecule has 3 heteroatoms. The molecule has 0 fully saturated rings. The van der Waals surface area contributed by atoms with E-state index in [1.807, 2.05) is 6.07 Å². The van der Waals surface area contributed by atoms with Crippen molar-refractivity contribution in [3.63, 3.8) is 0 Å². The third kappa shape index (κ3) is 3.12. The molecule has 0 saturated carbocycles. The van der Waals surface area contributed by atoms with E-state index >= 15 is 0 Å². The highest BCUT2D eigenvalue weighted by Gasteiger charge is 2.17. The maximum absolute atomic E-state index is 8.28. The van der Waals surface area contributed by atoms with Gasteiger partial charge in [0.05, 0.1) is 6.07 Å². The second-order valence-electron chi connectivity index (χ2n) is 1.75. The van der Waals surface area contributed by atoms with Crippen LogP contribution in [-0.2, 0) is 0 Å². The van der Waals surface area contributed by atoms with Crippen LogP contribution in [0.2, 0.25) is 0 Å². The number of rotatable bonds is 2. The zero-order valence-electron chi connectivity index (χ0n) is 4.62. The standard InChI is InChI=1S/C5H7Cl2N/c1-5(7,4-8)2-3-6/h2-3H2,1H3. The predicted molar refractivity (Wildman–Crippen MR) is 35.2 cm³/mol. The van der Waals surface area contributed by atoms with Gasteiger partial charge in [-0.1, -0.05) is 0 Å². The van der Waals surface area contributed by atoms with Gasteiger partial charge in [0, 0.05) is 5.88 Å². The van der Waals surface area contributed by atoms with E-state index in [4.69, 9.17) is 28.5 Å². The van der Waals surface area contributed by atoms with Crippen molar-refractivity contribution in [3.05, 3.63) is 0 Å². The van der Waals surface area contributed by atoms with Crippen molar-refractivity contribution in [1.82, 2.24) is 0 Å². The van der Waals surface area contributed by atoms with Crippen LogP contribution < -0.4 is 0 Å². The zero-order chi connectivity index (χ0) is 6.62. The fourth-order valence-corrected chi connectivity index (χ4v) is 0.803. The molecule has 0 saturated heterocycles. The SMILES string of the molecule is CC(Cl)(C#N)CCCl. The van der Waals surface area contributed by atoms with Crippen LogP contribution in [0.25, 0.3) is 0 Å². The minimum Gasteiger partial charge on any atom is -0.196 e. The molecule has 1 atom stereocenters. The summed E-state index contributed by atoms with van der Waals surface area (Å²) in [6, 6.07) is 1.92. The van der Waals surface area contributed by atoms with Crippen LogP contribution in [0.3, 0.4) is 0 Å². The summed E-state index contributed by atoms with van der Waals surface area (Å²) in [6.07, 6.45) is 0.534. The second-order valence-corrected chi connectivity index (χ2v) is 2.96. The number of hydrogen-bond acceptors (Lipinski definition) is 1. The summed E-state index contributed by atoms with van der Waals surface area (Å²) >= 11 is 10.9. The van der Waals surface area contributed by atoms with Gasteiger partial charge in [-0.15, -0.1) is 23.2 Å². The third-order valence-corrected chi connectivity index (χ3v) is 1.26. The summed E-state index contributed by atoms with van der Waals surface area (Å²) in [7, 11) is 0. The second kappa shape index (κ2) is 3.17. The Labute approximate surface area is 59.2 Å². The first kappa shape index (κ1) is 8.07. The highest BCUT2D eigenvalue weighted by atomic mass is 35.5. The summed E-state index contributed by atoms with van der Waals surface area (Å²) in [5.41, 5.74) is 0. The molecule has 0 aromatic carbocycles. The first-order chi connectivity index (χ1) is 3.62. The largest absolute Gasteiger partial charge is 0.196 e. The summed E-state index contributed by atoms with van der Waals surface area (Å²) in [4.78, 5) is -0.762. The first-order valence-corrected chi connectivity index (χ1v) is 3.20. The topological polar surface area (TPSA) is 23.8 Å². The minimum atomic E-state index is -0.762. The van der Waals surface area contributed by atoms with E-state index in [-0.39, 0.29) is 0 Å². The molecular formula is C5H7Cl2N. The van der Waals surface area contributed by atoms with Crippen LogP contribution in [0.15, 0.2) is 0 Å². The van der Waals surface area contributed by atoms with Crippen LogP contribution in [0.5, 0.6) is 0 Å². The van der Waals surface area contributed by atoms with Gasteiger partial charge in [0.15, 0.2) is 0 Å². The first-order valence-electron chi connectivity index (χ1n) is 2.28. The predicted octanol–water partition coefficient (Wildman–Crippen LogP) is 2.14. The van der Waals surface area contributed by atoms with Gasteiger partial charge in [-0.05, 0) is 13.3 Å². The summed E-state index contributed by atoms with van der Waals surface area (Å²) in [5.74, 6) is 0.438. The molecule has 0 amide bonds. The van der Waals surface area contributed by atoms with E-state index in [2.05, 4.69) is 0 Å². The Bertz CT molecular complexity index is 103. The number of alkyl halides is 2. The molecule has 0 aliphatic carbocycles. The van der Waals surface area contributed by atoms with Crippen molar-refractivity contribution in [2.45, 2.75) is 18.2 Å². The van der Waals surface area contributed by atoms with Gasteiger partial charge in [0.25, 0.3) is 0 Å². The molecule has 46 valence electrons. The van der Waals surface area contributed by atoms with Gasteiger partial charge >= 0.3 is 0 Å². The lowest BCUT2D eigenvalue weighted by Gasteiger charge is -2.07. The molecule has 0 spiro atoms. The van der Waals surface area contributed by atoms with Gasteiger partial charge in [-0.3, -0.25) is 0 Å². The molecule has 0 bridgehead atoms. The highest BCUT2D eigenvalue weighted by Crippen LogP contribution is 2.17. The van der Waals surface area contributed by atoms with E-state index < -0.39 is 4.87 Å². The molecule has 0 aromatic heterocycles. The molecular weight excluding hydrogens is 145 g/mol. The Morgan fingerprint density at radius 1 is 1.75 bits per heavy atom. The fourth-order valence-electron chi connectivity index (χ4n) is 0.233. The van der Waals surface area contributed by atoms with Crippen LogP contribution in [0.4, 0.5) is 0 Å². The smallest absolute Gasteiger partial charge is 0.129 e. The number of halogens is 2. The summed E-state index contributed by atoms with van der Waals surface area (Å²) in [5, 5.41) is 8.28.